The monoisotopic (exact) mass is 327 g/mol. The van der Waals surface area contributed by atoms with Crippen molar-refractivity contribution in [1.82, 2.24) is 4.98 Å². The molecule has 0 aliphatic heterocycles. The van der Waals surface area contributed by atoms with Crippen LogP contribution >= 0.6 is 0 Å². The lowest BCUT2D eigenvalue weighted by molar-refractivity contribution is 0.197. The van der Waals surface area contributed by atoms with E-state index in [2.05, 4.69) is 34.6 Å². The highest BCUT2D eigenvalue weighted by atomic mass is 16.3. The fourth-order valence-electron chi connectivity index (χ4n) is 3.37. The third-order valence-electron chi connectivity index (χ3n) is 4.44. The minimum absolute atomic E-state index is 0.197. The summed E-state index contributed by atoms with van der Waals surface area (Å²) in [5.74, 6) is 0.720. The maximum absolute atomic E-state index is 10.5. The fraction of sp³-hybridized carbons (Fsp3) is 0.476. The molecule has 0 aliphatic rings. The Morgan fingerprint density at radius 1 is 0.958 bits per heavy atom. The largest absolute Gasteiger partial charge is 0.507 e. The van der Waals surface area contributed by atoms with Gasteiger partial charge < -0.3 is 10.2 Å². The molecule has 130 valence electrons. The number of rotatable bonds is 5. The standard InChI is InChI=1S/C21H29NO2/c1-7-15-19(16-10-8-9-11-17(16)24)18(14(6)23)21(13(4)5)22-20(15)12(2)3/h8-14,23-24H,7H2,1-6H3. The van der Waals surface area contributed by atoms with Crippen molar-refractivity contribution in [1.29, 1.82) is 0 Å². The van der Waals surface area contributed by atoms with Gasteiger partial charge in [0.15, 0.2) is 0 Å². The maximum Gasteiger partial charge on any atom is 0.123 e. The first-order valence-electron chi connectivity index (χ1n) is 8.82. The minimum atomic E-state index is -0.643. The zero-order chi connectivity index (χ0) is 18.0. The molecule has 24 heavy (non-hydrogen) atoms. The summed E-state index contributed by atoms with van der Waals surface area (Å²) in [4.78, 5) is 4.94. The molecule has 2 aromatic rings. The van der Waals surface area contributed by atoms with Gasteiger partial charge in [-0.25, -0.2) is 0 Å². The van der Waals surface area contributed by atoms with Crippen LogP contribution in [0.4, 0.5) is 0 Å². The molecule has 1 aromatic heterocycles. The van der Waals surface area contributed by atoms with E-state index < -0.39 is 6.10 Å². The predicted octanol–water partition coefficient (Wildman–Crippen LogP) is 5.32. The van der Waals surface area contributed by atoms with E-state index in [1.54, 1.807) is 13.0 Å². The van der Waals surface area contributed by atoms with Crippen LogP contribution in [0.15, 0.2) is 24.3 Å². The number of phenolic OH excluding ortho intramolecular Hbond substituents is 1. The molecule has 0 saturated carbocycles. The second-order valence-corrected chi connectivity index (χ2v) is 7.01. The van der Waals surface area contributed by atoms with E-state index in [0.29, 0.717) is 0 Å². The molecular formula is C21H29NO2. The summed E-state index contributed by atoms with van der Waals surface area (Å²) in [6.07, 6.45) is 0.165. The molecule has 0 amide bonds. The summed E-state index contributed by atoms with van der Waals surface area (Å²) in [5, 5.41) is 21.0. The number of para-hydroxylation sites is 1. The quantitative estimate of drug-likeness (QED) is 0.781. The number of phenols is 1. The van der Waals surface area contributed by atoms with Gasteiger partial charge >= 0.3 is 0 Å². The van der Waals surface area contributed by atoms with E-state index in [1.165, 1.54) is 0 Å². The summed E-state index contributed by atoms with van der Waals surface area (Å²) in [6, 6.07) is 7.36. The van der Waals surface area contributed by atoms with Crippen molar-refractivity contribution in [2.75, 3.05) is 0 Å². The first kappa shape index (κ1) is 18.5. The molecule has 0 spiro atoms. The Morgan fingerprint density at radius 2 is 1.54 bits per heavy atom. The lowest BCUT2D eigenvalue weighted by Gasteiger charge is -2.26. The molecule has 0 aliphatic carbocycles. The first-order chi connectivity index (χ1) is 11.3. The molecule has 0 saturated heterocycles. The lowest BCUT2D eigenvalue weighted by Crippen LogP contribution is -2.13. The predicted molar refractivity (Wildman–Crippen MR) is 99.5 cm³/mol. The number of pyridine rings is 1. The number of nitrogens with zero attached hydrogens (tertiary/aromatic N) is 1. The van der Waals surface area contributed by atoms with E-state index in [9.17, 15) is 10.2 Å². The Kier molecular flexibility index (Phi) is 5.66. The van der Waals surface area contributed by atoms with Crippen molar-refractivity contribution in [2.45, 2.75) is 65.9 Å². The second-order valence-electron chi connectivity index (χ2n) is 7.01. The van der Waals surface area contributed by atoms with E-state index >= 15 is 0 Å². The van der Waals surface area contributed by atoms with Gasteiger partial charge in [0.25, 0.3) is 0 Å². The van der Waals surface area contributed by atoms with Crippen LogP contribution in [0, 0.1) is 0 Å². The van der Waals surface area contributed by atoms with E-state index in [1.807, 2.05) is 18.2 Å². The highest BCUT2D eigenvalue weighted by Crippen LogP contribution is 2.42. The zero-order valence-electron chi connectivity index (χ0n) is 15.6. The zero-order valence-corrected chi connectivity index (χ0v) is 15.6. The smallest absolute Gasteiger partial charge is 0.123 e. The molecule has 1 heterocycles. The molecule has 2 rings (SSSR count). The van der Waals surface area contributed by atoms with Crippen LogP contribution in [-0.2, 0) is 6.42 Å². The van der Waals surface area contributed by atoms with E-state index in [0.717, 1.165) is 40.1 Å². The summed E-state index contributed by atoms with van der Waals surface area (Å²) in [6.45, 7) is 12.4. The SMILES string of the molecule is CCc1c(C(C)C)nc(C(C)C)c(C(C)O)c1-c1ccccc1O. The Bertz CT molecular complexity index is 718. The van der Waals surface area contributed by atoms with Gasteiger partial charge in [-0.15, -0.1) is 0 Å². The Labute approximate surface area is 145 Å². The van der Waals surface area contributed by atoms with Gasteiger partial charge in [0.1, 0.15) is 5.75 Å². The molecule has 3 heteroatoms. The number of hydrogen-bond donors (Lipinski definition) is 2. The number of benzene rings is 1. The molecule has 2 N–H and O–H groups in total. The highest BCUT2D eigenvalue weighted by Gasteiger charge is 2.26. The Hall–Kier alpha value is -1.87. The number of aliphatic hydroxyl groups is 1. The fourth-order valence-corrected chi connectivity index (χ4v) is 3.37. The molecule has 1 aromatic carbocycles. The number of aromatic hydroxyl groups is 1. The second kappa shape index (κ2) is 7.35. The van der Waals surface area contributed by atoms with Crippen molar-refractivity contribution < 1.29 is 10.2 Å². The third-order valence-corrected chi connectivity index (χ3v) is 4.44. The van der Waals surface area contributed by atoms with Crippen LogP contribution in [0.5, 0.6) is 5.75 Å². The summed E-state index contributed by atoms with van der Waals surface area (Å²) in [7, 11) is 0. The van der Waals surface area contributed by atoms with Crippen LogP contribution in [0.2, 0.25) is 0 Å². The van der Waals surface area contributed by atoms with E-state index in [-0.39, 0.29) is 17.6 Å². The Morgan fingerprint density at radius 3 is 2.00 bits per heavy atom. The van der Waals surface area contributed by atoms with Gasteiger partial charge in [-0.2, -0.15) is 0 Å². The van der Waals surface area contributed by atoms with Gasteiger partial charge in [0.05, 0.1) is 6.10 Å². The molecule has 0 radical (unpaired) electrons. The van der Waals surface area contributed by atoms with Crippen molar-refractivity contribution in [3.05, 3.63) is 46.8 Å². The van der Waals surface area contributed by atoms with Crippen LogP contribution in [0.3, 0.4) is 0 Å². The summed E-state index contributed by atoms with van der Waals surface area (Å²) < 4.78 is 0. The average molecular weight is 327 g/mol. The molecule has 1 unspecified atom stereocenters. The Balaban J connectivity index is 2.99. The van der Waals surface area contributed by atoms with Crippen LogP contribution in [0.25, 0.3) is 11.1 Å². The molecule has 3 nitrogen and oxygen atoms in total. The van der Waals surface area contributed by atoms with Crippen molar-refractivity contribution in [3.8, 4) is 16.9 Å². The normalized spacial score (nSPS) is 12.9. The van der Waals surface area contributed by atoms with Gasteiger partial charge in [0.2, 0.25) is 0 Å². The van der Waals surface area contributed by atoms with Crippen LogP contribution in [0.1, 0.15) is 82.0 Å². The molecule has 0 bridgehead atoms. The first-order valence-corrected chi connectivity index (χ1v) is 8.82. The van der Waals surface area contributed by atoms with Crippen LogP contribution < -0.4 is 0 Å². The van der Waals surface area contributed by atoms with Gasteiger partial charge in [-0.05, 0) is 42.4 Å². The topological polar surface area (TPSA) is 53.4 Å². The lowest BCUT2D eigenvalue weighted by atomic mass is 9.84. The van der Waals surface area contributed by atoms with Gasteiger partial charge in [0, 0.05) is 22.5 Å². The van der Waals surface area contributed by atoms with Crippen molar-refractivity contribution >= 4 is 0 Å². The van der Waals surface area contributed by atoms with Crippen molar-refractivity contribution in [3.63, 3.8) is 0 Å². The van der Waals surface area contributed by atoms with Gasteiger partial charge in [-0.3, -0.25) is 4.98 Å². The molecule has 0 fully saturated rings. The number of aromatic nitrogens is 1. The average Bonchev–Trinajstić information content (AvgIpc) is 2.52. The maximum atomic E-state index is 10.5. The summed E-state index contributed by atoms with van der Waals surface area (Å²) >= 11 is 0. The molecular weight excluding hydrogens is 298 g/mol. The van der Waals surface area contributed by atoms with Gasteiger partial charge in [-0.1, -0.05) is 52.8 Å². The van der Waals surface area contributed by atoms with Crippen LogP contribution in [-0.4, -0.2) is 15.2 Å². The minimum Gasteiger partial charge on any atom is -0.507 e. The third kappa shape index (κ3) is 3.32. The van der Waals surface area contributed by atoms with E-state index in [4.69, 9.17) is 4.98 Å². The highest BCUT2D eigenvalue weighted by molar-refractivity contribution is 5.78. The number of aliphatic hydroxyl groups excluding tert-OH is 1. The molecule has 1 atom stereocenters. The number of hydrogen-bond acceptors (Lipinski definition) is 3. The summed E-state index contributed by atoms with van der Waals surface area (Å²) in [5.41, 5.74) is 5.66. The van der Waals surface area contributed by atoms with Crippen molar-refractivity contribution in [2.24, 2.45) is 0 Å².